The van der Waals surface area contributed by atoms with Gasteiger partial charge in [-0.25, -0.2) is 0 Å². The maximum Gasteiger partial charge on any atom is 0.255 e. The van der Waals surface area contributed by atoms with Gasteiger partial charge in [-0.05, 0) is 56.7 Å². The molecule has 0 spiro atoms. The summed E-state index contributed by atoms with van der Waals surface area (Å²) in [7, 11) is 0. The molecule has 2 aliphatic heterocycles. The smallest absolute Gasteiger partial charge is 0.255 e. The van der Waals surface area contributed by atoms with Gasteiger partial charge in [-0.2, -0.15) is 0 Å². The fourth-order valence-corrected chi connectivity index (χ4v) is 3.88. The number of carbonyl (C=O) groups excluding carboxylic acids is 4. The predicted octanol–water partition coefficient (Wildman–Crippen LogP) is 0.656. The summed E-state index contributed by atoms with van der Waals surface area (Å²) in [4.78, 5) is 49.7. The van der Waals surface area contributed by atoms with Crippen LogP contribution in [0.5, 0.6) is 0 Å². The standard InChI is InChI=1S/C21H27N3O5/c1-12(2)22-20(28)17(25)8-4-6-13-5-3-7-14-15(13)11-24(21(14)29)16-9-10-18(26)23-19(16)27/h3,5,7,12,16-17,25H,4,6,8-11H2,1-2H3,(H,22,28)(H,23,26,27). The molecule has 8 heteroatoms. The third-order valence-corrected chi connectivity index (χ3v) is 5.34. The molecule has 1 aromatic carbocycles. The van der Waals surface area contributed by atoms with E-state index in [1.807, 2.05) is 26.0 Å². The van der Waals surface area contributed by atoms with Crippen molar-refractivity contribution in [2.24, 2.45) is 0 Å². The van der Waals surface area contributed by atoms with Crippen molar-refractivity contribution in [2.45, 2.75) is 70.7 Å². The number of benzene rings is 1. The Morgan fingerprint density at radius 2 is 2.07 bits per heavy atom. The van der Waals surface area contributed by atoms with Gasteiger partial charge in [0.15, 0.2) is 0 Å². The first-order valence-electron chi connectivity index (χ1n) is 10.0. The minimum atomic E-state index is -1.06. The number of rotatable bonds is 7. The lowest BCUT2D eigenvalue weighted by molar-refractivity contribution is -0.137. The predicted molar refractivity (Wildman–Crippen MR) is 105 cm³/mol. The van der Waals surface area contributed by atoms with E-state index in [0.717, 1.165) is 11.1 Å². The molecule has 29 heavy (non-hydrogen) atoms. The average molecular weight is 401 g/mol. The summed E-state index contributed by atoms with van der Waals surface area (Å²) in [6.07, 6.45) is 1.03. The topological polar surface area (TPSA) is 116 Å². The number of piperidine rings is 1. The van der Waals surface area contributed by atoms with Crippen LogP contribution in [-0.2, 0) is 27.3 Å². The maximum atomic E-state index is 12.8. The molecule has 3 rings (SSSR count). The van der Waals surface area contributed by atoms with Crippen molar-refractivity contribution in [3.05, 3.63) is 34.9 Å². The summed E-state index contributed by atoms with van der Waals surface area (Å²) in [6.45, 7) is 4.00. The third kappa shape index (κ3) is 4.64. The van der Waals surface area contributed by atoms with E-state index in [1.54, 1.807) is 6.07 Å². The van der Waals surface area contributed by atoms with Gasteiger partial charge in [0.05, 0.1) is 0 Å². The number of aryl methyl sites for hydroxylation is 1. The van der Waals surface area contributed by atoms with Crippen molar-refractivity contribution in [1.82, 2.24) is 15.5 Å². The van der Waals surface area contributed by atoms with Crippen molar-refractivity contribution < 1.29 is 24.3 Å². The number of nitrogens with zero attached hydrogens (tertiary/aromatic N) is 1. The zero-order valence-electron chi connectivity index (χ0n) is 16.7. The Labute approximate surface area is 169 Å². The Balaban J connectivity index is 1.64. The quantitative estimate of drug-likeness (QED) is 0.581. The lowest BCUT2D eigenvalue weighted by Crippen LogP contribution is -2.52. The number of hydrogen-bond donors (Lipinski definition) is 3. The molecule has 0 aliphatic carbocycles. The molecule has 2 atom stereocenters. The van der Waals surface area contributed by atoms with Gasteiger partial charge in [-0.15, -0.1) is 0 Å². The van der Waals surface area contributed by atoms with E-state index in [0.29, 0.717) is 37.8 Å². The molecule has 2 aliphatic rings. The summed E-state index contributed by atoms with van der Waals surface area (Å²) < 4.78 is 0. The molecule has 3 N–H and O–H groups in total. The largest absolute Gasteiger partial charge is 0.383 e. The second-order valence-electron chi connectivity index (χ2n) is 7.91. The molecular weight excluding hydrogens is 374 g/mol. The van der Waals surface area contributed by atoms with E-state index in [4.69, 9.17) is 0 Å². The number of hydrogen-bond acceptors (Lipinski definition) is 5. The number of nitrogens with one attached hydrogen (secondary N) is 2. The Hall–Kier alpha value is -2.74. The number of imide groups is 1. The van der Waals surface area contributed by atoms with Crippen molar-refractivity contribution in [3.8, 4) is 0 Å². The number of aliphatic hydroxyl groups excluding tert-OH is 1. The number of amides is 4. The first kappa shape index (κ1) is 21.0. The molecule has 1 fully saturated rings. The van der Waals surface area contributed by atoms with E-state index in [2.05, 4.69) is 10.6 Å². The number of aliphatic hydroxyl groups is 1. The highest BCUT2D eigenvalue weighted by Gasteiger charge is 2.39. The van der Waals surface area contributed by atoms with E-state index in [-0.39, 0.29) is 30.2 Å². The third-order valence-electron chi connectivity index (χ3n) is 5.34. The monoisotopic (exact) mass is 401 g/mol. The van der Waals surface area contributed by atoms with Crippen LogP contribution in [-0.4, -0.2) is 51.8 Å². The maximum absolute atomic E-state index is 12.8. The van der Waals surface area contributed by atoms with Crippen LogP contribution in [0.4, 0.5) is 0 Å². The molecule has 156 valence electrons. The lowest BCUT2D eigenvalue weighted by Gasteiger charge is -2.29. The second kappa shape index (κ2) is 8.73. The first-order chi connectivity index (χ1) is 13.8. The molecule has 4 amide bonds. The highest BCUT2D eigenvalue weighted by molar-refractivity contribution is 6.05. The van der Waals surface area contributed by atoms with Crippen LogP contribution in [0, 0.1) is 0 Å². The van der Waals surface area contributed by atoms with Gasteiger partial charge in [0.2, 0.25) is 17.7 Å². The average Bonchev–Trinajstić information content (AvgIpc) is 2.98. The van der Waals surface area contributed by atoms with Crippen molar-refractivity contribution in [1.29, 1.82) is 0 Å². The molecule has 2 heterocycles. The van der Waals surface area contributed by atoms with Crippen LogP contribution in [0.2, 0.25) is 0 Å². The molecule has 8 nitrogen and oxygen atoms in total. The summed E-state index contributed by atoms with van der Waals surface area (Å²) in [6, 6.07) is 4.82. The van der Waals surface area contributed by atoms with Gasteiger partial charge in [0.1, 0.15) is 12.1 Å². The Kier molecular flexibility index (Phi) is 6.32. The van der Waals surface area contributed by atoms with Crippen molar-refractivity contribution >= 4 is 23.6 Å². The summed E-state index contributed by atoms with van der Waals surface area (Å²) in [5, 5.41) is 15.0. The van der Waals surface area contributed by atoms with Gasteiger partial charge in [-0.1, -0.05) is 12.1 Å². The van der Waals surface area contributed by atoms with E-state index in [9.17, 15) is 24.3 Å². The van der Waals surface area contributed by atoms with Gasteiger partial charge in [-0.3, -0.25) is 24.5 Å². The van der Waals surface area contributed by atoms with E-state index < -0.39 is 18.1 Å². The minimum absolute atomic E-state index is 0.0289. The van der Waals surface area contributed by atoms with Crippen LogP contribution in [0.3, 0.4) is 0 Å². The fraction of sp³-hybridized carbons (Fsp3) is 0.524. The Morgan fingerprint density at radius 3 is 2.76 bits per heavy atom. The second-order valence-corrected chi connectivity index (χ2v) is 7.91. The van der Waals surface area contributed by atoms with Crippen molar-refractivity contribution in [2.75, 3.05) is 0 Å². The van der Waals surface area contributed by atoms with E-state index in [1.165, 1.54) is 4.90 Å². The van der Waals surface area contributed by atoms with Crippen LogP contribution in [0.25, 0.3) is 0 Å². The minimum Gasteiger partial charge on any atom is -0.383 e. The molecule has 1 saturated heterocycles. The summed E-state index contributed by atoms with van der Waals surface area (Å²) in [5.74, 6) is -1.32. The molecular formula is C21H27N3O5. The summed E-state index contributed by atoms with van der Waals surface area (Å²) >= 11 is 0. The highest BCUT2D eigenvalue weighted by Crippen LogP contribution is 2.30. The van der Waals surface area contributed by atoms with Gasteiger partial charge in [0, 0.05) is 24.6 Å². The molecule has 1 aromatic rings. The van der Waals surface area contributed by atoms with Gasteiger partial charge < -0.3 is 15.3 Å². The zero-order chi connectivity index (χ0) is 21.1. The highest BCUT2D eigenvalue weighted by atomic mass is 16.3. The summed E-state index contributed by atoms with van der Waals surface area (Å²) in [5.41, 5.74) is 2.43. The van der Waals surface area contributed by atoms with Crippen LogP contribution in [0.1, 0.15) is 61.0 Å². The molecule has 2 unspecified atom stereocenters. The normalized spacial score (nSPS) is 19.9. The van der Waals surface area contributed by atoms with E-state index >= 15 is 0 Å². The molecule has 0 aromatic heterocycles. The zero-order valence-corrected chi connectivity index (χ0v) is 16.7. The van der Waals surface area contributed by atoms with Crippen LogP contribution < -0.4 is 10.6 Å². The van der Waals surface area contributed by atoms with Gasteiger partial charge >= 0.3 is 0 Å². The SMILES string of the molecule is CC(C)NC(=O)C(O)CCCc1cccc2c1CN(C1CCC(=O)NC1=O)C2=O. The molecule has 0 saturated carbocycles. The molecule has 0 bridgehead atoms. The lowest BCUT2D eigenvalue weighted by atomic mass is 9.98. The molecule has 0 radical (unpaired) electrons. The van der Waals surface area contributed by atoms with Crippen molar-refractivity contribution in [3.63, 3.8) is 0 Å². The first-order valence-corrected chi connectivity index (χ1v) is 10.0. The fourth-order valence-electron chi connectivity index (χ4n) is 3.88. The van der Waals surface area contributed by atoms with Crippen LogP contribution >= 0.6 is 0 Å². The number of fused-ring (bicyclic) bond motifs is 1. The Morgan fingerprint density at radius 1 is 1.31 bits per heavy atom. The van der Waals surface area contributed by atoms with Gasteiger partial charge in [0.25, 0.3) is 5.91 Å². The number of carbonyl (C=O) groups is 4. The van der Waals surface area contributed by atoms with Crippen LogP contribution in [0.15, 0.2) is 18.2 Å². The Bertz CT molecular complexity index is 836.